The van der Waals surface area contributed by atoms with E-state index in [1.165, 1.54) is 12.1 Å². The summed E-state index contributed by atoms with van der Waals surface area (Å²) in [5.41, 5.74) is 0.722. The predicted molar refractivity (Wildman–Crippen MR) is 67.8 cm³/mol. The van der Waals surface area contributed by atoms with Gasteiger partial charge in [-0.3, -0.25) is 4.79 Å². The molecule has 100 valence electrons. The zero-order valence-electron chi connectivity index (χ0n) is 9.96. The number of nitrogens with one attached hydrogen (secondary N) is 1. The molecule has 1 rings (SSSR count). The molecule has 7 heteroatoms. The lowest BCUT2D eigenvalue weighted by Gasteiger charge is -2.14. The average Bonchev–Trinajstić information content (AvgIpc) is 2.26. The van der Waals surface area contributed by atoms with E-state index in [1.807, 2.05) is 6.92 Å². The maximum Gasteiger partial charge on any atom is 0.303 e. The molecule has 0 saturated carbocycles. The Balaban J connectivity index is 2.61. The van der Waals surface area contributed by atoms with Crippen molar-refractivity contribution >= 4 is 21.7 Å². The summed E-state index contributed by atoms with van der Waals surface area (Å²) in [6.45, 7) is 1.86. The Morgan fingerprint density at radius 2 is 1.94 bits per heavy atom. The number of carboxylic acid groups (broad SMARTS) is 1. The van der Waals surface area contributed by atoms with Gasteiger partial charge in [-0.05, 0) is 37.6 Å². The highest BCUT2D eigenvalue weighted by molar-refractivity contribution is 7.89. The van der Waals surface area contributed by atoms with Crippen LogP contribution in [0.15, 0.2) is 29.2 Å². The Morgan fingerprint density at radius 3 is 2.39 bits per heavy atom. The van der Waals surface area contributed by atoms with E-state index in [9.17, 15) is 13.2 Å². The minimum absolute atomic E-state index is 0.0126. The molecule has 0 aliphatic heterocycles. The number of carboxylic acids is 1. The highest BCUT2D eigenvalue weighted by Crippen LogP contribution is 2.14. The second-order valence-electron chi connectivity index (χ2n) is 4.05. The maximum atomic E-state index is 11.0. The molecule has 0 bridgehead atoms. The van der Waals surface area contributed by atoms with E-state index in [-0.39, 0.29) is 17.4 Å². The molecular weight excluding hydrogens is 256 g/mol. The van der Waals surface area contributed by atoms with Crippen LogP contribution < -0.4 is 10.5 Å². The van der Waals surface area contributed by atoms with Crippen molar-refractivity contribution in [3.05, 3.63) is 24.3 Å². The van der Waals surface area contributed by atoms with E-state index >= 15 is 0 Å². The van der Waals surface area contributed by atoms with Crippen LogP contribution in [0.25, 0.3) is 0 Å². The van der Waals surface area contributed by atoms with Crippen LogP contribution in [-0.2, 0) is 14.8 Å². The number of nitrogens with two attached hydrogens (primary N) is 1. The predicted octanol–water partition coefficient (Wildman–Crippen LogP) is 0.999. The summed E-state index contributed by atoms with van der Waals surface area (Å²) in [6.07, 6.45) is 0.579. The van der Waals surface area contributed by atoms with Crippen LogP contribution in [0, 0.1) is 0 Å². The molecule has 1 atom stereocenters. The van der Waals surface area contributed by atoms with Gasteiger partial charge in [-0.1, -0.05) is 0 Å². The molecule has 0 fully saturated rings. The van der Waals surface area contributed by atoms with Crippen LogP contribution in [0.3, 0.4) is 0 Å². The summed E-state index contributed by atoms with van der Waals surface area (Å²) >= 11 is 0. The molecule has 18 heavy (non-hydrogen) atoms. The van der Waals surface area contributed by atoms with Crippen LogP contribution in [0.4, 0.5) is 5.69 Å². The van der Waals surface area contributed by atoms with Gasteiger partial charge in [-0.25, -0.2) is 13.6 Å². The van der Waals surface area contributed by atoms with Gasteiger partial charge in [0.15, 0.2) is 0 Å². The van der Waals surface area contributed by atoms with Crippen molar-refractivity contribution in [3.63, 3.8) is 0 Å². The molecule has 0 saturated heterocycles. The van der Waals surface area contributed by atoms with Gasteiger partial charge in [0.1, 0.15) is 0 Å². The zero-order chi connectivity index (χ0) is 13.8. The molecule has 0 radical (unpaired) electrons. The van der Waals surface area contributed by atoms with E-state index in [2.05, 4.69) is 5.32 Å². The van der Waals surface area contributed by atoms with E-state index in [1.54, 1.807) is 12.1 Å². The lowest BCUT2D eigenvalue weighted by molar-refractivity contribution is -0.137. The van der Waals surface area contributed by atoms with Gasteiger partial charge in [0.2, 0.25) is 10.0 Å². The number of rotatable bonds is 6. The van der Waals surface area contributed by atoms with Gasteiger partial charge in [0, 0.05) is 18.2 Å². The van der Waals surface area contributed by atoms with Crippen molar-refractivity contribution < 1.29 is 18.3 Å². The Labute approximate surface area is 106 Å². The van der Waals surface area contributed by atoms with Crippen molar-refractivity contribution in [2.45, 2.75) is 30.7 Å². The first-order valence-corrected chi connectivity index (χ1v) is 6.95. The van der Waals surface area contributed by atoms with Crippen LogP contribution >= 0.6 is 0 Å². The van der Waals surface area contributed by atoms with Crippen molar-refractivity contribution in [3.8, 4) is 0 Å². The van der Waals surface area contributed by atoms with Gasteiger partial charge in [0.05, 0.1) is 4.90 Å². The first-order valence-electron chi connectivity index (χ1n) is 5.40. The van der Waals surface area contributed by atoms with Gasteiger partial charge in [-0.15, -0.1) is 0 Å². The second-order valence-corrected chi connectivity index (χ2v) is 5.61. The van der Waals surface area contributed by atoms with Gasteiger partial charge < -0.3 is 10.4 Å². The molecule has 0 heterocycles. The maximum absolute atomic E-state index is 11.0. The number of primary sulfonamides is 1. The van der Waals surface area contributed by atoms with Crippen LogP contribution in [-0.4, -0.2) is 25.5 Å². The first kappa shape index (κ1) is 14.5. The molecule has 0 aliphatic carbocycles. The number of sulfonamides is 1. The number of hydrogen-bond acceptors (Lipinski definition) is 4. The highest BCUT2D eigenvalue weighted by atomic mass is 32.2. The SMILES string of the molecule is CC(CCC(=O)O)Nc1ccc(S(N)(=O)=O)cc1. The Kier molecular flexibility index (Phi) is 4.69. The lowest BCUT2D eigenvalue weighted by atomic mass is 10.1. The Morgan fingerprint density at radius 1 is 1.39 bits per heavy atom. The number of aliphatic carboxylic acids is 1. The minimum Gasteiger partial charge on any atom is -0.481 e. The molecule has 0 aromatic heterocycles. The van der Waals surface area contributed by atoms with Crippen molar-refractivity contribution in [2.24, 2.45) is 5.14 Å². The normalized spacial score (nSPS) is 13.0. The number of hydrogen-bond donors (Lipinski definition) is 3. The Bertz CT molecular complexity index is 510. The molecule has 1 aromatic carbocycles. The highest BCUT2D eigenvalue weighted by Gasteiger charge is 2.08. The molecule has 1 unspecified atom stereocenters. The first-order chi connectivity index (χ1) is 8.29. The van der Waals surface area contributed by atoms with Crippen LogP contribution in [0.2, 0.25) is 0 Å². The fourth-order valence-corrected chi connectivity index (χ4v) is 1.95. The summed E-state index contributed by atoms with van der Waals surface area (Å²) in [5.74, 6) is -0.840. The fraction of sp³-hybridized carbons (Fsp3) is 0.364. The standard InChI is InChI=1S/C11H16N2O4S/c1-8(2-7-11(14)15)13-9-3-5-10(6-4-9)18(12,16)17/h3-6,8,13H,2,7H2,1H3,(H,14,15)(H2,12,16,17). The third-order valence-electron chi connectivity index (χ3n) is 2.39. The topological polar surface area (TPSA) is 109 Å². The van der Waals surface area contributed by atoms with Crippen molar-refractivity contribution in [1.82, 2.24) is 0 Å². The number of carbonyl (C=O) groups is 1. The minimum atomic E-state index is -3.68. The molecular formula is C11H16N2O4S. The van der Waals surface area contributed by atoms with Crippen molar-refractivity contribution in [2.75, 3.05) is 5.32 Å². The Hall–Kier alpha value is -1.60. The van der Waals surface area contributed by atoms with Gasteiger partial charge in [-0.2, -0.15) is 0 Å². The summed E-state index contributed by atoms with van der Waals surface area (Å²) in [5, 5.41) is 16.6. The summed E-state index contributed by atoms with van der Waals surface area (Å²) < 4.78 is 22.1. The second kappa shape index (κ2) is 5.83. The zero-order valence-corrected chi connectivity index (χ0v) is 10.8. The molecule has 6 nitrogen and oxygen atoms in total. The van der Waals surface area contributed by atoms with E-state index in [4.69, 9.17) is 10.2 Å². The molecule has 1 aromatic rings. The van der Waals surface area contributed by atoms with Crippen LogP contribution in [0.5, 0.6) is 0 Å². The third kappa shape index (κ3) is 4.72. The number of benzene rings is 1. The average molecular weight is 272 g/mol. The summed E-state index contributed by atoms with van der Waals surface area (Å²) in [6, 6.07) is 5.98. The smallest absolute Gasteiger partial charge is 0.303 e. The molecule has 4 N–H and O–H groups in total. The van der Waals surface area contributed by atoms with Gasteiger partial charge in [0.25, 0.3) is 0 Å². The summed E-state index contributed by atoms with van der Waals surface area (Å²) in [4.78, 5) is 10.5. The lowest BCUT2D eigenvalue weighted by Crippen LogP contribution is -2.17. The van der Waals surface area contributed by atoms with Crippen LogP contribution in [0.1, 0.15) is 19.8 Å². The monoisotopic (exact) mass is 272 g/mol. The number of anilines is 1. The quantitative estimate of drug-likeness (QED) is 0.715. The van der Waals surface area contributed by atoms with Crippen molar-refractivity contribution in [1.29, 1.82) is 0 Å². The van der Waals surface area contributed by atoms with E-state index < -0.39 is 16.0 Å². The summed E-state index contributed by atoms with van der Waals surface area (Å²) in [7, 11) is -3.68. The largest absolute Gasteiger partial charge is 0.481 e. The van der Waals surface area contributed by atoms with E-state index in [0.717, 1.165) is 5.69 Å². The third-order valence-corrected chi connectivity index (χ3v) is 3.32. The molecule has 0 spiro atoms. The fourth-order valence-electron chi connectivity index (χ4n) is 1.44. The van der Waals surface area contributed by atoms with Gasteiger partial charge >= 0.3 is 5.97 Å². The molecule has 0 aliphatic rings. The molecule has 0 amide bonds. The van der Waals surface area contributed by atoms with E-state index in [0.29, 0.717) is 6.42 Å².